The minimum absolute atomic E-state index is 0. The molecule has 4 N–H and O–H groups in total. The molecule has 2 rings (SSSR count). The van der Waals surface area contributed by atoms with Crippen molar-refractivity contribution in [3.05, 3.63) is 52.2 Å². The minimum Gasteiger partial charge on any atom is -0.351 e. The molecule has 2 aromatic rings. The first-order valence-electron chi connectivity index (χ1n) is 7.05. The molecule has 124 valence electrons. The molecule has 5 nitrogen and oxygen atoms in total. The van der Waals surface area contributed by atoms with Crippen molar-refractivity contribution >= 4 is 41.2 Å². The van der Waals surface area contributed by atoms with Crippen LogP contribution in [0, 0.1) is 0 Å². The quantitative estimate of drug-likeness (QED) is 0.746. The van der Waals surface area contributed by atoms with Crippen molar-refractivity contribution in [1.29, 1.82) is 0 Å². The highest BCUT2D eigenvalue weighted by Gasteiger charge is 2.18. The van der Waals surface area contributed by atoms with E-state index in [-0.39, 0.29) is 30.1 Å². The lowest BCUT2D eigenvalue weighted by Gasteiger charge is -2.14. The van der Waals surface area contributed by atoms with Gasteiger partial charge in [0.2, 0.25) is 5.91 Å². The lowest BCUT2D eigenvalue weighted by molar-refractivity contribution is -0.117. The van der Waals surface area contributed by atoms with Gasteiger partial charge in [0.15, 0.2) is 0 Å². The Morgan fingerprint density at radius 2 is 1.96 bits per heavy atom. The summed E-state index contributed by atoms with van der Waals surface area (Å²) in [5.41, 5.74) is 6.32. The van der Waals surface area contributed by atoms with Crippen molar-refractivity contribution in [2.45, 2.75) is 12.8 Å². The number of hydrogen-bond donors (Lipinski definition) is 3. The van der Waals surface area contributed by atoms with Gasteiger partial charge in [-0.2, -0.15) is 0 Å². The summed E-state index contributed by atoms with van der Waals surface area (Å²) in [6.07, 6.45) is 0. The minimum atomic E-state index is -0.264. The summed E-state index contributed by atoms with van der Waals surface area (Å²) < 4.78 is 0. The molecule has 2 amide bonds. The van der Waals surface area contributed by atoms with E-state index in [0.29, 0.717) is 24.3 Å². The first-order chi connectivity index (χ1) is 10.6. The Bertz CT molecular complexity index is 647. The molecule has 0 radical (unpaired) electrons. The van der Waals surface area contributed by atoms with E-state index in [0.717, 1.165) is 4.88 Å². The number of para-hydroxylation sites is 1. The Balaban J connectivity index is 0.00000264. The van der Waals surface area contributed by atoms with Gasteiger partial charge in [-0.1, -0.05) is 18.2 Å². The van der Waals surface area contributed by atoms with Crippen LogP contribution < -0.4 is 16.4 Å². The zero-order valence-electron chi connectivity index (χ0n) is 12.7. The SMILES string of the molecule is CC(C(=O)Nc1ccccc1C(=O)NCCN)c1cccs1.Cl. The van der Waals surface area contributed by atoms with Gasteiger partial charge in [-0.05, 0) is 30.5 Å². The third kappa shape index (κ3) is 5.06. The number of carbonyl (C=O) groups excluding carboxylic acids is 2. The Kier molecular flexibility index (Phi) is 7.74. The zero-order chi connectivity index (χ0) is 15.9. The molecule has 0 spiro atoms. The van der Waals surface area contributed by atoms with Crippen LogP contribution in [0.2, 0.25) is 0 Å². The van der Waals surface area contributed by atoms with E-state index in [1.165, 1.54) is 11.3 Å². The summed E-state index contributed by atoms with van der Waals surface area (Å²) in [6, 6.07) is 10.8. The van der Waals surface area contributed by atoms with Crippen molar-refractivity contribution in [3.63, 3.8) is 0 Å². The molecule has 7 heteroatoms. The number of anilines is 1. The highest BCUT2D eigenvalue weighted by molar-refractivity contribution is 7.10. The molecule has 0 saturated heterocycles. The number of thiophene rings is 1. The average molecular weight is 354 g/mol. The normalized spacial score (nSPS) is 11.2. The standard InChI is InChI=1S/C16H19N3O2S.ClH/c1-11(14-7-4-10-22-14)15(20)19-13-6-3-2-5-12(13)16(21)18-9-8-17;/h2-7,10-11H,8-9,17H2,1H3,(H,18,21)(H,19,20);1H. The van der Waals surface area contributed by atoms with E-state index in [1.807, 2.05) is 24.4 Å². The van der Waals surface area contributed by atoms with E-state index >= 15 is 0 Å². The number of hydrogen-bond acceptors (Lipinski definition) is 4. The molecule has 1 unspecified atom stereocenters. The molecule has 0 fully saturated rings. The van der Waals surface area contributed by atoms with E-state index in [2.05, 4.69) is 10.6 Å². The van der Waals surface area contributed by atoms with Crippen molar-refractivity contribution < 1.29 is 9.59 Å². The second-order valence-electron chi connectivity index (χ2n) is 4.82. The number of nitrogens with one attached hydrogen (secondary N) is 2. The predicted molar refractivity (Wildman–Crippen MR) is 96.4 cm³/mol. The lowest BCUT2D eigenvalue weighted by atomic mass is 10.1. The fraction of sp³-hybridized carbons (Fsp3) is 0.250. The summed E-state index contributed by atoms with van der Waals surface area (Å²) in [4.78, 5) is 25.4. The van der Waals surface area contributed by atoms with Crippen LogP contribution in [0.3, 0.4) is 0 Å². The number of carbonyl (C=O) groups is 2. The first kappa shape index (κ1) is 19.2. The van der Waals surface area contributed by atoms with Crippen LogP contribution in [0.5, 0.6) is 0 Å². The van der Waals surface area contributed by atoms with Crippen molar-refractivity contribution in [1.82, 2.24) is 5.32 Å². The molecule has 0 bridgehead atoms. The van der Waals surface area contributed by atoms with Crippen molar-refractivity contribution in [2.24, 2.45) is 5.73 Å². The van der Waals surface area contributed by atoms with Crippen LogP contribution in [-0.2, 0) is 4.79 Å². The molecule has 1 aromatic carbocycles. The van der Waals surface area contributed by atoms with Crippen LogP contribution in [0.15, 0.2) is 41.8 Å². The Hall–Kier alpha value is -1.89. The van der Waals surface area contributed by atoms with Crippen LogP contribution in [0.1, 0.15) is 28.1 Å². The largest absolute Gasteiger partial charge is 0.351 e. The van der Waals surface area contributed by atoms with Crippen LogP contribution in [0.25, 0.3) is 0 Å². The van der Waals surface area contributed by atoms with E-state index in [1.54, 1.807) is 24.3 Å². The fourth-order valence-corrected chi connectivity index (χ4v) is 2.76. The molecular weight excluding hydrogens is 334 g/mol. The number of amides is 2. The van der Waals surface area contributed by atoms with Crippen LogP contribution in [0.4, 0.5) is 5.69 Å². The second kappa shape index (κ2) is 9.29. The van der Waals surface area contributed by atoms with Gasteiger partial charge < -0.3 is 16.4 Å². The Morgan fingerprint density at radius 1 is 1.22 bits per heavy atom. The molecule has 1 heterocycles. The van der Waals surface area contributed by atoms with E-state index in [4.69, 9.17) is 5.73 Å². The topological polar surface area (TPSA) is 84.2 Å². The van der Waals surface area contributed by atoms with E-state index < -0.39 is 0 Å². The maximum Gasteiger partial charge on any atom is 0.253 e. The van der Waals surface area contributed by atoms with Gasteiger partial charge in [0, 0.05) is 18.0 Å². The number of halogens is 1. The second-order valence-corrected chi connectivity index (χ2v) is 5.80. The van der Waals surface area contributed by atoms with Gasteiger partial charge in [0.25, 0.3) is 5.91 Å². The summed E-state index contributed by atoms with van der Waals surface area (Å²) in [5.74, 6) is -0.646. The third-order valence-electron chi connectivity index (χ3n) is 3.22. The van der Waals surface area contributed by atoms with Gasteiger partial charge in [-0.3, -0.25) is 9.59 Å². The van der Waals surface area contributed by atoms with Gasteiger partial charge in [0.05, 0.1) is 17.2 Å². The van der Waals surface area contributed by atoms with Crippen LogP contribution in [-0.4, -0.2) is 24.9 Å². The van der Waals surface area contributed by atoms with Gasteiger partial charge >= 0.3 is 0 Å². The summed E-state index contributed by atoms with van der Waals surface area (Å²) in [7, 11) is 0. The number of nitrogens with two attached hydrogens (primary N) is 1. The highest BCUT2D eigenvalue weighted by atomic mass is 35.5. The van der Waals surface area contributed by atoms with E-state index in [9.17, 15) is 9.59 Å². The van der Waals surface area contributed by atoms with Crippen molar-refractivity contribution in [3.8, 4) is 0 Å². The molecule has 1 aromatic heterocycles. The fourth-order valence-electron chi connectivity index (χ4n) is 1.98. The smallest absolute Gasteiger partial charge is 0.253 e. The highest BCUT2D eigenvalue weighted by Crippen LogP contribution is 2.23. The van der Waals surface area contributed by atoms with Crippen molar-refractivity contribution in [2.75, 3.05) is 18.4 Å². The lowest BCUT2D eigenvalue weighted by Crippen LogP contribution is -2.30. The maximum atomic E-state index is 12.3. The monoisotopic (exact) mass is 353 g/mol. The molecule has 23 heavy (non-hydrogen) atoms. The molecule has 0 aliphatic rings. The molecule has 1 atom stereocenters. The molecule has 0 aliphatic carbocycles. The Morgan fingerprint density at radius 3 is 2.61 bits per heavy atom. The van der Waals surface area contributed by atoms with Gasteiger partial charge in [-0.15, -0.1) is 23.7 Å². The zero-order valence-corrected chi connectivity index (χ0v) is 14.4. The first-order valence-corrected chi connectivity index (χ1v) is 7.93. The number of benzene rings is 1. The predicted octanol–water partition coefficient (Wildman–Crippen LogP) is 2.60. The summed E-state index contributed by atoms with van der Waals surface area (Å²) in [6.45, 7) is 2.61. The molecule has 0 saturated carbocycles. The molecular formula is C16H20ClN3O2S. The Labute approximate surface area is 145 Å². The third-order valence-corrected chi connectivity index (χ3v) is 4.28. The van der Waals surface area contributed by atoms with Gasteiger partial charge in [0.1, 0.15) is 0 Å². The summed E-state index contributed by atoms with van der Waals surface area (Å²) >= 11 is 1.54. The maximum absolute atomic E-state index is 12.3. The summed E-state index contributed by atoms with van der Waals surface area (Å²) in [5, 5.41) is 7.48. The molecule has 0 aliphatic heterocycles. The number of rotatable bonds is 6. The van der Waals surface area contributed by atoms with Crippen LogP contribution >= 0.6 is 23.7 Å². The average Bonchev–Trinajstić information content (AvgIpc) is 3.06. The van der Waals surface area contributed by atoms with Gasteiger partial charge in [-0.25, -0.2) is 0 Å².